The molecule has 1 N–H and O–H groups in total. The van der Waals surface area contributed by atoms with Gasteiger partial charge in [-0.05, 0) is 60.4 Å². The van der Waals surface area contributed by atoms with E-state index in [0.29, 0.717) is 17.0 Å². The third kappa shape index (κ3) is 3.70. The predicted octanol–water partition coefficient (Wildman–Crippen LogP) is 5.25. The first kappa shape index (κ1) is 19.8. The highest BCUT2D eigenvalue weighted by atomic mass is 32.2. The van der Waals surface area contributed by atoms with Crippen LogP contribution < -0.4 is 4.72 Å². The first-order chi connectivity index (χ1) is 16.1. The largest absolute Gasteiger partial charge is 0.263 e. The lowest BCUT2D eigenvalue weighted by molar-refractivity contribution is 0.601. The number of fused-ring (bicyclic) bond motifs is 2. The summed E-state index contributed by atoms with van der Waals surface area (Å²) < 4.78 is 28.8. The number of aromatic nitrogens is 3. The fourth-order valence-electron chi connectivity index (χ4n) is 4.32. The molecule has 1 fully saturated rings. The Bertz CT molecular complexity index is 1600. The third-order valence-electron chi connectivity index (χ3n) is 6.08. The lowest BCUT2D eigenvalue weighted by Crippen LogP contribution is -2.16. The quantitative estimate of drug-likeness (QED) is 0.394. The summed E-state index contributed by atoms with van der Waals surface area (Å²) >= 11 is 0. The summed E-state index contributed by atoms with van der Waals surface area (Å²) in [6.45, 7) is 0. The number of para-hydroxylation sites is 2. The zero-order chi connectivity index (χ0) is 22.4. The van der Waals surface area contributed by atoms with Gasteiger partial charge in [-0.25, -0.2) is 18.4 Å². The van der Waals surface area contributed by atoms with E-state index in [4.69, 9.17) is 4.98 Å². The first-order valence-corrected chi connectivity index (χ1v) is 12.3. The minimum absolute atomic E-state index is 0.0877. The van der Waals surface area contributed by atoms with Crippen LogP contribution in [-0.4, -0.2) is 23.4 Å². The van der Waals surface area contributed by atoms with Crippen molar-refractivity contribution in [3.63, 3.8) is 0 Å². The molecule has 2 heterocycles. The van der Waals surface area contributed by atoms with E-state index in [-0.39, 0.29) is 16.7 Å². The Morgan fingerprint density at radius 3 is 2.33 bits per heavy atom. The van der Waals surface area contributed by atoms with Crippen molar-refractivity contribution in [2.24, 2.45) is 0 Å². The Hall–Kier alpha value is -3.84. The number of benzene rings is 3. The molecule has 0 spiro atoms. The van der Waals surface area contributed by atoms with Crippen molar-refractivity contribution >= 4 is 37.8 Å². The number of rotatable bonds is 5. The highest BCUT2D eigenvalue weighted by Gasteiger charge is 2.43. The second-order valence-corrected chi connectivity index (χ2v) is 9.95. The molecule has 3 aromatic carbocycles. The summed E-state index contributed by atoms with van der Waals surface area (Å²) in [5.74, 6) is 0.641. The Balaban J connectivity index is 1.40. The van der Waals surface area contributed by atoms with Gasteiger partial charge in [0.1, 0.15) is 0 Å². The van der Waals surface area contributed by atoms with Gasteiger partial charge in [-0.3, -0.25) is 9.71 Å². The molecule has 7 heteroatoms. The van der Waals surface area contributed by atoms with E-state index >= 15 is 0 Å². The van der Waals surface area contributed by atoms with Crippen molar-refractivity contribution in [3.8, 4) is 0 Å². The molecule has 1 aliphatic carbocycles. The molecule has 0 radical (unpaired) electrons. The molecule has 1 aliphatic rings. The van der Waals surface area contributed by atoms with Crippen molar-refractivity contribution < 1.29 is 8.42 Å². The number of pyridine rings is 1. The molecule has 0 saturated heterocycles. The Morgan fingerprint density at radius 2 is 1.52 bits per heavy atom. The number of hydrogen-bond donors (Lipinski definition) is 1. The minimum Gasteiger partial charge on any atom is -0.262 e. The minimum atomic E-state index is -3.78. The maximum atomic E-state index is 13.0. The molecular weight excluding hydrogens is 432 g/mol. The highest BCUT2D eigenvalue weighted by Crippen LogP contribution is 2.56. The number of nitrogens with one attached hydrogen (secondary N) is 1. The SMILES string of the molecule is O=S(=O)(Nc1nc2ccccc2nc1C1CC1c1ccc2ncccc2c1)c1ccccc1. The third-order valence-corrected chi connectivity index (χ3v) is 7.43. The van der Waals surface area contributed by atoms with Crippen LogP contribution in [0, 0.1) is 0 Å². The van der Waals surface area contributed by atoms with E-state index in [1.807, 2.05) is 36.4 Å². The normalized spacial score (nSPS) is 17.8. The van der Waals surface area contributed by atoms with E-state index in [1.165, 1.54) is 5.56 Å². The topological polar surface area (TPSA) is 84.8 Å². The number of nitrogens with zero attached hydrogens (tertiary/aromatic N) is 3. The van der Waals surface area contributed by atoms with Crippen LogP contribution >= 0.6 is 0 Å². The van der Waals surface area contributed by atoms with Gasteiger partial charge in [-0.2, -0.15) is 0 Å². The Kier molecular flexibility index (Phi) is 4.58. The van der Waals surface area contributed by atoms with E-state index in [2.05, 4.69) is 32.9 Å². The van der Waals surface area contributed by atoms with Crippen LogP contribution in [0.5, 0.6) is 0 Å². The van der Waals surface area contributed by atoms with Gasteiger partial charge in [0.25, 0.3) is 10.0 Å². The first-order valence-electron chi connectivity index (χ1n) is 10.8. The Labute approximate surface area is 191 Å². The molecule has 0 amide bonds. The van der Waals surface area contributed by atoms with Gasteiger partial charge in [0.05, 0.1) is 27.1 Å². The lowest BCUT2D eigenvalue weighted by Gasteiger charge is -2.13. The van der Waals surface area contributed by atoms with Gasteiger partial charge < -0.3 is 0 Å². The molecule has 6 nitrogen and oxygen atoms in total. The van der Waals surface area contributed by atoms with E-state index in [1.54, 1.807) is 36.5 Å². The number of anilines is 1. The van der Waals surface area contributed by atoms with Gasteiger partial charge >= 0.3 is 0 Å². The molecule has 33 heavy (non-hydrogen) atoms. The van der Waals surface area contributed by atoms with Crippen LogP contribution in [0.4, 0.5) is 5.82 Å². The number of hydrogen-bond acceptors (Lipinski definition) is 5. The van der Waals surface area contributed by atoms with Gasteiger partial charge in [-0.1, -0.05) is 42.5 Å². The monoisotopic (exact) mass is 452 g/mol. The lowest BCUT2D eigenvalue weighted by atomic mass is 10.0. The summed E-state index contributed by atoms with van der Waals surface area (Å²) in [7, 11) is -3.78. The standard InChI is InChI=1S/C26H20N4O2S/c31-33(32,19-8-2-1-3-9-19)30-26-25(28-23-10-4-5-11-24(23)29-26)21-16-20(21)17-12-13-22-18(15-17)7-6-14-27-22/h1-15,20-21H,16H2,(H,29,30). The van der Waals surface area contributed by atoms with Gasteiger partial charge in [0.2, 0.25) is 0 Å². The second kappa shape index (κ2) is 7.64. The molecule has 162 valence electrons. The van der Waals surface area contributed by atoms with Crippen molar-refractivity contribution in [2.45, 2.75) is 23.2 Å². The van der Waals surface area contributed by atoms with Crippen molar-refractivity contribution in [3.05, 3.63) is 102 Å². The summed E-state index contributed by atoms with van der Waals surface area (Å²) in [6.07, 6.45) is 2.68. The molecule has 0 bridgehead atoms. The molecule has 6 rings (SSSR count). The van der Waals surface area contributed by atoms with E-state index in [9.17, 15) is 8.42 Å². The smallest absolute Gasteiger partial charge is 0.262 e. The zero-order valence-corrected chi connectivity index (χ0v) is 18.4. The van der Waals surface area contributed by atoms with Crippen molar-refractivity contribution in [2.75, 3.05) is 4.72 Å². The van der Waals surface area contributed by atoms with E-state index in [0.717, 1.165) is 22.8 Å². The average Bonchev–Trinajstić information content (AvgIpc) is 3.64. The van der Waals surface area contributed by atoms with Crippen LogP contribution in [0.1, 0.15) is 29.5 Å². The maximum Gasteiger partial charge on any atom is 0.263 e. The molecule has 2 aromatic heterocycles. The van der Waals surface area contributed by atoms with Gasteiger partial charge in [-0.15, -0.1) is 0 Å². The van der Waals surface area contributed by atoms with Crippen molar-refractivity contribution in [1.29, 1.82) is 0 Å². The molecular formula is C26H20N4O2S. The average molecular weight is 453 g/mol. The van der Waals surface area contributed by atoms with Crippen LogP contribution in [0.25, 0.3) is 21.9 Å². The summed E-state index contributed by atoms with van der Waals surface area (Å²) in [5.41, 5.74) is 4.25. The van der Waals surface area contributed by atoms with E-state index < -0.39 is 10.0 Å². The van der Waals surface area contributed by atoms with Gasteiger partial charge in [0.15, 0.2) is 5.82 Å². The summed E-state index contributed by atoms with van der Waals surface area (Å²) in [6, 6.07) is 26.1. The predicted molar refractivity (Wildman–Crippen MR) is 129 cm³/mol. The van der Waals surface area contributed by atoms with Crippen LogP contribution in [-0.2, 0) is 10.0 Å². The summed E-state index contributed by atoms with van der Waals surface area (Å²) in [5, 5.41) is 1.09. The maximum absolute atomic E-state index is 13.0. The summed E-state index contributed by atoms with van der Waals surface area (Å²) in [4.78, 5) is 14.1. The fourth-order valence-corrected chi connectivity index (χ4v) is 5.36. The molecule has 2 unspecified atom stereocenters. The molecule has 0 aliphatic heterocycles. The van der Waals surface area contributed by atoms with Crippen LogP contribution in [0.3, 0.4) is 0 Å². The number of sulfonamides is 1. The second-order valence-electron chi connectivity index (χ2n) is 8.27. The fraction of sp³-hybridized carbons (Fsp3) is 0.115. The van der Waals surface area contributed by atoms with Crippen LogP contribution in [0.2, 0.25) is 0 Å². The Morgan fingerprint density at radius 1 is 0.758 bits per heavy atom. The molecule has 1 saturated carbocycles. The van der Waals surface area contributed by atoms with Crippen molar-refractivity contribution in [1.82, 2.24) is 15.0 Å². The molecule has 5 aromatic rings. The zero-order valence-electron chi connectivity index (χ0n) is 17.6. The van der Waals surface area contributed by atoms with Crippen LogP contribution in [0.15, 0.2) is 96.0 Å². The highest BCUT2D eigenvalue weighted by molar-refractivity contribution is 7.92. The molecule has 2 atom stereocenters. The van der Waals surface area contributed by atoms with Gasteiger partial charge in [0, 0.05) is 17.5 Å².